The van der Waals surface area contributed by atoms with Gasteiger partial charge in [-0.05, 0) is 48.4 Å². The highest BCUT2D eigenvalue weighted by molar-refractivity contribution is 5.97. The molecule has 0 saturated heterocycles. The highest BCUT2D eigenvalue weighted by Crippen LogP contribution is 2.27. The molecule has 0 atom stereocenters. The number of carbonyl (C=O) groups is 2. The standard InChI is InChI=1S/C22H29N3O4/c1-16(26)25(19-9-7-18(8-10-19)24(2)3)15-22(27)23-13-12-17-6-11-20(28-4)21(14-17)29-5/h6-11,14H,12-13,15H2,1-5H3,(H,23,27). The van der Waals surface area contributed by atoms with E-state index in [9.17, 15) is 9.59 Å². The van der Waals surface area contributed by atoms with E-state index in [1.54, 1.807) is 14.2 Å². The van der Waals surface area contributed by atoms with E-state index >= 15 is 0 Å². The Morgan fingerprint density at radius 3 is 2.10 bits per heavy atom. The summed E-state index contributed by atoms with van der Waals surface area (Å²) in [5.41, 5.74) is 2.74. The Morgan fingerprint density at radius 2 is 1.55 bits per heavy atom. The van der Waals surface area contributed by atoms with Crippen LogP contribution in [0.25, 0.3) is 0 Å². The van der Waals surface area contributed by atoms with Gasteiger partial charge in [0.25, 0.3) is 0 Å². The Labute approximate surface area is 172 Å². The monoisotopic (exact) mass is 399 g/mol. The Morgan fingerprint density at radius 1 is 0.931 bits per heavy atom. The molecule has 0 unspecified atom stereocenters. The third-order valence-electron chi connectivity index (χ3n) is 4.54. The second-order valence-electron chi connectivity index (χ2n) is 6.81. The molecule has 156 valence electrons. The zero-order chi connectivity index (χ0) is 21.4. The maximum Gasteiger partial charge on any atom is 0.240 e. The van der Waals surface area contributed by atoms with Gasteiger partial charge in [0.2, 0.25) is 11.8 Å². The van der Waals surface area contributed by atoms with Gasteiger partial charge in [-0.3, -0.25) is 9.59 Å². The quantitative estimate of drug-likeness (QED) is 0.702. The number of ether oxygens (including phenoxy) is 2. The zero-order valence-corrected chi connectivity index (χ0v) is 17.7. The average molecular weight is 399 g/mol. The number of methoxy groups -OCH3 is 2. The Kier molecular flexibility index (Phi) is 7.88. The number of hydrogen-bond donors (Lipinski definition) is 1. The summed E-state index contributed by atoms with van der Waals surface area (Å²) in [7, 11) is 7.07. The van der Waals surface area contributed by atoms with Crippen molar-refractivity contribution in [1.29, 1.82) is 0 Å². The molecule has 0 aromatic heterocycles. The number of nitrogens with one attached hydrogen (secondary N) is 1. The van der Waals surface area contributed by atoms with Crippen molar-refractivity contribution in [2.75, 3.05) is 51.2 Å². The third kappa shape index (κ3) is 6.14. The van der Waals surface area contributed by atoms with Crippen molar-refractivity contribution in [3.05, 3.63) is 48.0 Å². The number of benzene rings is 2. The van der Waals surface area contributed by atoms with Crippen molar-refractivity contribution in [2.24, 2.45) is 0 Å². The summed E-state index contributed by atoms with van der Waals surface area (Å²) in [6, 6.07) is 13.2. The first-order chi connectivity index (χ1) is 13.8. The second-order valence-corrected chi connectivity index (χ2v) is 6.81. The zero-order valence-electron chi connectivity index (χ0n) is 17.7. The molecule has 0 heterocycles. The van der Waals surface area contributed by atoms with E-state index in [1.165, 1.54) is 11.8 Å². The molecule has 7 heteroatoms. The average Bonchev–Trinajstić information content (AvgIpc) is 2.71. The normalized spacial score (nSPS) is 10.2. The van der Waals surface area contributed by atoms with E-state index in [2.05, 4.69) is 5.32 Å². The maximum absolute atomic E-state index is 12.4. The summed E-state index contributed by atoms with van der Waals surface area (Å²) in [6.07, 6.45) is 0.643. The fraction of sp³-hybridized carbons (Fsp3) is 0.364. The van der Waals surface area contributed by atoms with Gasteiger partial charge in [0.15, 0.2) is 11.5 Å². The van der Waals surface area contributed by atoms with Gasteiger partial charge in [0, 0.05) is 38.9 Å². The lowest BCUT2D eigenvalue weighted by Crippen LogP contribution is -2.40. The minimum atomic E-state index is -0.211. The highest BCUT2D eigenvalue weighted by atomic mass is 16.5. The first-order valence-corrected chi connectivity index (χ1v) is 9.38. The van der Waals surface area contributed by atoms with Crippen LogP contribution in [0.5, 0.6) is 11.5 Å². The molecule has 2 rings (SSSR count). The van der Waals surface area contributed by atoms with Crippen LogP contribution in [0.3, 0.4) is 0 Å². The topological polar surface area (TPSA) is 71.1 Å². The molecule has 2 amide bonds. The van der Waals surface area contributed by atoms with Crippen LogP contribution in [0.2, 0.25) is 0 Å². The van der Waals surface area contributed by atoms with E-state index in [4.69, 9.17) is 9.47 Å². The summed E-state index contributed by atoms with van der Waals surface area (Å²) in [4.78, 5) is 27.8. The van der Waals surface area contributed by atoms with Crippen LogP contribution in [-0.2, 0) is 16.0 Å². The van der Waals surface area contributed by atoms with Crippen LogP contribution in [0.15, 0.2) is 42.5 Å². The highest BCUT2D eigenvalue weighted by Gasteiger charge is 2.16. The lowest BCUT2D eigenvalue weighted by atomic mass is 10.1. The smallest absolute Gasteiger partial charge is 0.240 e. The lowest BCUT2D eigenvalue weighted by Gasteiger charge is -2.22. The molecule has 1 N–H and O–H groups in total. The van der Waals surface area contributed by atoms with Crippen molar-refractivity contribution in [2.45, 2.75) is 13.3 Å². The molecule has 2 aromatic rings. The number of carbonyl (C=O) groups excluding carboxylic acids is 2. The van der Waals surface area contributed by atoms with Gasteiger partial charge in [-0.2, -0.15) is 0 Å². The van der Waals surface area contributed by atoms with Crippen molar-refractivity contribution in [3.8, 4) is 11.5 Å². The van der Waals surface area contributed by atoms with E-state index < -0.39 is 0 Å². The minimum absolute atomic E-state index is 0.0252. The predicted molar refractivity (Wildman–Crippen MR) is 115 cm³/mol. The molecule has 0 saturated carbocycles. The van der Waals surface area contributed by atoms with Crippen LogP contribution >= 0.6 is 0 Å². The molecule has 0 bridgehead atoms. The largest absolute Gasteiger partial charge is 0.493 e. The van der Waals surface area contributed by atoms with E-state index in [0.717, 1.165) is 11.3 Å². The summed E-state index contributed by atoms with van der Waals surface area (Å²) < 4.78 is 10.5. The van der Waals surface area contributed by atoms with Gasteiger partial charge >= 0.3 is 0 Å². The Balaban J connectivity index is 1.93. The van der Waals surface area contributed by atoms with Gasteiger partial charge < -0.3 is 24.6 Å². The second kappa shape index (κ2) is 10.4. The van der Waals surface area contributed by atoms with E-state index in [0.29, 0.717) is 30.2 Å². The molecule has 2 aromatic carbocycles. The summed E-state index contributed by atoms with van der Waals surface area (Å²) in [5.74, 6) is 0.924. The molecule has 0 spiro atoms. The summed E-state index contributed by atoms with van der Waals surface area (Å²) >= 11 is 0. The van der Waals surface area contributed by atoms with Gasteiger partial charge in [-0.1, -0.05) is 6.07 Å². The fourth-order valence-corrected chi connectivity index (χ4v) is 2.90. The SMILES string of the molecule is COc1ccc(CCNC(=O)CN(C(C)=O)c2ccc(N(C)C)cc2)cc1OC. The molecule has 0 fully saturated rings. The fourth-order valence-electron chi connectivity index (χ4n) is 2.90. The summed E-state index contributed by atoms with van der Waals surface area (Å²) in [5, 5.41) is 2.87. The van der Waals surface area contributed by atoms with E-state index in [-0.39, 0.29) is 18.4 Å². The van der Waals surface area contributed by atoms with Gasteiger partial charge in [0.05, 0.1) is 14.2 Å². The molecule has 0 aliphatic carbocycles. The predicted octanol–water partition coefficient (Wildman–Crippen LogP) is 2.48. The lowest BCUT2D eigenvalue weighted by molar-refractivity contribution is -0.123. The van der Waals surface area contributed by atoms with Gasteiger partial charge in [0.1, 0.15) is 6.54 Å². The number of hydrogen-bond acceptors (Lipinski definition) is 5. The Bertz CT molecular complexity index is 834. The van der Waals surface area contributed by atoms with Crippen molar-refractivity contribution in [3.63, 3.8) is 0 Å². The number of anilines is 2. The molecular weight excluding hydrogens is 370 g/mol. The minimum Gasteiger partial charge on any atom is -0.493 e. The number of nitrogens with zero attached hydrogens (tertiary/aromatic N) is 2. The number of rotatable bonds is 9. The molecule has 7 nitrogen and oxygen atoms in total. The van der Waals surface area contributed by atoms with Crippen molar-refractivity contribution < 1.29 is 19.1 Å². The third-order valence-corrected chi connectivity index (χ3v) is 4.54. The molecule has 0 aliphatic rings. The van der Waals surface area contributed by atoms with Crippen molar-refractivity contribution >= 4 is 23.2 Å². The van der Waals surface area contributed by atoms with E-state index in [1.807, 2.05) is 61.5 Å². The number of amides is 2. The van der Waals surface area contributed by atoms with Crippen LogP contribution in [-0.4, -0.2) is 53.2 Å². The van der Waals surface area contributed by atoms with Crippen LogP contribution in [0, 0.1) is 0 Å². The molecule has 0 radical (unpaired) electrons. The first kappa shape index (κ1) is 22.1. The van der Waals surface area contributed by atoms with Crippen LogP contribution < -0.4 is 24.6 Å². The molecule has 0 aliphatic heterocycles. The maximum atomic E-state index is 12.4. The Hall–Kier alpha value is -3.22. The van der Waals surface area contributed by atoms with Gasteiger partial charge in [-0.15, -0.1) is 0 Å². The molecule has 29 heavy (non-hydrogen) atoms. The first-order valence-electron chi connectivity index (χ1n) is 9.38. The molecular formula is C22H29N3O4. The van der Waals surface area contributed by atoms with Crippen LogP contribution in [0.1, 0.15) is 12.5 Å². The summed E-state index contributed by atoms with van der Waals surface area (Å²) in [6.45, 7) is 1.89. The van der Waals surface area contributed by atoms with Gasteiger partial charge in [-0.25, -0.2) is 0 Å². The van der Waals surface area contributed by atoms with Crippen molar-refractivity contribution in [1.82, 2.24) is 5.32 Å². The van der Waals surface area contributed by atoms with Crippen LogP contribution in [0.4, 0.5) is 11.4 Å².